The first-order valence-electron chi connectivity index (χ1n) is 6.57. The van der Waals surface area contributed by atoms with Gasteiger partial charge in [-0.05, 0) is 0 Å². The number of ether oxygens (including phenoxy) is 1. The molecule has 0 rings (SSSR count). The van der Waals surface area contributed by atoms with Crippen LogP contribution in [0.4, 0.5) is 0 Å². The maximum absolute atomic E-state index is 12.2. The molecule has 0 aliphatic rings. The van der Waals surface area contributed by atoms with Gasteiger partial charge in [-0.1, -0.05) is 0 Å². The van der Waals surface area contributed by atoms with Gasteiger partial charge < -0.3 is 0 Å². The Morgan fingerprint density at radius 2 is 1.65 bits per heavy atom. The van der Waals surface area contributed by atoms with Crippen LogP contribution >= 0.6 is 7.94 Å². The van der Waals surface area contributed by atoms with Crippen molar-refractivity contribution < 1.29 is 28.3 Å². The molecule has 0 aromatic heterocycles. The monoisotopic (exact) mass is 311 g/mol. The van der Waals surface area contributed by atoms with Gasteiger partial charge >= 0.3 is 119 Å². The van der Waals surface area contributed by atoms with Gasteiger partial charge in [-0.15, -0.1) is 0 Å². The SMILES string of the molecule is CCO[PH](O)(OCC)C(CC(N)=O)C(=O)OC(C)(C)C. The quantitative estimate of drug-likeness (QED) is 0.514. The summed E-state index contributed by atoms with van der Waals surface area (Å²) in [6, 6.07) is 0. The molecule has 0 aliphatic carbocycles. The molecule has 1 unspecified atom stereocenters. The van der Waals surface area contributed by atoms with Crippen molar-refractivity contribution >= 4 is 19.8 Å². The number of rotatable bonds is 8. The summed E-state index contributed by atoms with van der Waals surface area (Å²) in [7, 11) is -3.88. The number of esters is 1. The van der Waals surface area contributed by atoms with Gasteiger partial charge in [0.25, 0.3) is 0 Å². The van der Waals surface area contributed by atoms with Crippen LogP contribution in [0.15, 0.2) is 0 Å². The standard InChI is InChI=1S/C12H26NO6P/c1-6-17-20(16,18-7-2)9(8-10(13)14)11(15)19-12(3,4)5/h9,16,20H,6-8H2,1-5H3,(H2,13,14). The van der Waals surface area contributed by atoms with Crippen molar-refractivity contribution in [3.63, 3.8) is 0 Å². The average molecular weight is 311 g/mol. The molecule has 1 amide bonds. The number of primary amides is 1. The van der Waals surface area contributed by atoms with Crippen molar-refractivity contribution in [2.75, 3.05) is 13.2 Å². The summed E-state index contributed by atoms with van der Waals surface area (Å²) in [6.07, 6.45) is -0.377. The maximum atomic E-state index is 12.2. The van der Waals surface area contributed by atoms with Crippen LogP contribution in [0.2, 0.25) is 0 Å². The predicted octanol–water partition coefficient (Wildman–Crippen LogP) is 1.13. The fraction of sp³-hybridized carbons (Fsp3) is 0.833. The number of hydrogen-bond donors (Lipinski definition) is 2. The van der Waals surface area contributed by atoms with Crippen molar-refractivity contribution in [3.05, 3.63) is 0 Å². The van der Waals surface area contributed by atoms with Crippen LogP contribution in [0.1, 0.15) is 41.0 Å². The van der Waals surface area contributed by atoms with Crippen LogP contribution in [0, 0.1) is 0 Å². The number of hydrogen-bond acceptors (Lipinski definition) is 6. The van der Waals surface area contributed by atoms with Gasteiger partial charge in [0.2, 0.25) is 0 Å². The molecule has 0 heterocycles. The first-order chi connectivity index (χ1) is 9.05. The summed E-state index contributed by atoms with van der Waals surface area (Å²) in [6.45, 7) is 8.69. The molecular weight excluding hydrogens is 285 g/mol. The zero-order chi connectivity index (χ0) is 16.0. The van der Waals surface area contributed by atoms with Gasteiger partial charge in [-0.3, -0.25) is 0 Å². The third-order valence-corrected chi connectivity index (χ3v) is 4.96. The molecule has 8 heteroatoms. The molecule has 0 aromatic carbocycles. The van der Waals surface area contributed by atoms with Gasteiger partial charge in [0.05, 0.1) is 0 Å². The molecule has 120 valence electrons. The Morgan fingerprint density at radius 3 is 1.95 bits per heavy atom. The van der Waals surface area contributed by atoms with Crippen LogP contribution in [-0.2, 0) is 23.4 Å². The summed E-state index contributed by atoms with van der Waals surface area (Å²) in [4.78, 5) is 33.8. The van der Waals surface area contributed by atoms with E-state index in [1.807, 2.05) is 0 Å². The summed E-state index contributed by atoms with van der Waals surface area (Å²) in [5.74, 6) is -1.47. The van der Waals surface area contributed by atoms with E-state index in [2.05, 4.69) is 0 Å². The molecule has 7 nitrogen and oxygen atoms in total. The Hall–Kier alpha value is -0.750. The molecule has 20 heavy (non-hydrogen) atoms. The Kier molecular flexibility index (Phi) is 7.59. The van der Waals surface area contributed by atoms with E-state index in [1.54, 1.807) is 34.6 Å². The zero-order valence-corrected chi connectivity index (χ0v) is 13.8. The molecule has 0 saturated heterocycles. The molecule has 0 aromatic rings. The van der Waals surface area contributed by atoms with Crippen molar-refractivity contribution in [1.29, 1.82) is 0 Å². The average Bonchev–Trinajstić information content (AvgIpc) is 2.23. The van der Waals surface area contributed by atoms with Gasteiger partial charge in [-0.25, -0.2) is 0 Å². The van der Waals surface area contributed by atoms with E-state index < -0.39 is 31.1 Å². The van der Waals surface area contributed by atoms with E-state index in [0.29, 0.717) is 0 Å². The number of nitrogens with two attached hydrogens (primary N) is 1. The van der Waals surface area contributed by atoms with Crippen LogP contribution in [-0.4, -0.2) is 41.2 Å². The van der Waals surface area contributed by atoms with E-state index in [1.165, 1.54) is 0 Å². The number of carbonyl (C=O) groups is 2. The van der Waals surface area contributed by atoms with Crippen molar-refractivity contribution in [2.24, 2.45) is 5.73 Å². The molecule has 0 fully saturated rings. The van der Waals surface area contributed by atoms with E-state index >= 15 is 0 Å². The Bertz CT molecular complexity index is 335. The number of amides is 1. The minimum absolute atomic E-state index is 0.154. The van der Waals surface area contributed by atoms with Gasteiger partial charge in [-0.2, -0.15) is 0 Å². The third kappa shape index (κ3) is 6.61. The first-order valence-corrected chi connectivity index (χ1v) is 8.41. The number of carbonyl (C=O) groups excluding carboxylic acids is 2. The van der Waals surface area contributed by atoms with Crippen LogP contribution in [0.3, 0.4) is 0 Å². The van der Waals surface area contributed by atoms with Crippen LogP contribution in [0.5, 0.6) is 0 Å². The summed E-state index contributed by atoms with van der Waals surface area (Å²) in [5.41, 5.74) is 3.18. The van der Waals surface area contributed by atoms with E-state index in [0.717, 1.165) is 0 Å². The van der Waals surface area contributed by atoms with Gasteiger partial charge in [0, 0.05) is 0 Å². The molecule has 0 saturated carbocycles. The van der Waals surface area contributed by atoms with E-state index in [4.69, 9.17) is 19.5 Å². The summed E-state index contributed by atoms with van der Waals surface area (Å²) < 4.78 is 15.7. The molecule has 3 N–H and O–H groups in total. The summed E-state index contributed by atoms with van der Waals surface area (Å²) >= 11 is 0. The minimum atomic E-state index is -3.88. The molecule has 0 radical (unpaired) electrons. The van der Waals surface area contributed by atoms with E-state index in [-0.39, 0.29) is 19.6 Å². The van der Waals surface area contributed by atoms with Crippen molar-refractivity contribution in [1.82, 2.24) is 0 Å². The van der Waals surface area contributed by atoms with Gasteiger partial charge in [0.1, 0.15) is 0 Å². The Labute approximate surface area is 120 Å². The van der Waals surface area contributed by atoms with Crippen molar-refractivity contribution in [2.45, 2.75) is 52.3 Å². The second kappa shape index (κ2) is 7.88. The summed E-state index contributed by atoms with van der Waals surface area (Å²) in [5, 5.41) is 0. The second-order valence-corrected chi connectivity index (χ2v) is 7.79. The Morgan fingerprint density at radius 1 is 1.20 bits per heavy atom. The molecule has 0 bridgehead atoms. The predicted molar refractivity (Wildman–Crippen MR) is 77.2 cm³/mol. The fourth-order valence-electron chi connectivity index (χ4n) is 1.59. The van der Waals surface area contributed by atoms with Crippen molar-refractivity contribution in [3.8, 4) is 0 Å². The molecular formula is C12H26NO6P. The van der Waals surface area contributed by atoms with Crippen LogP contribution in [0.25, 0.3) is 0 Å². The molecule has 0 aliphatic heterocycles. The molecule has 0 spiro atoms. The Balaban J connectivity index is 5.28. The topological polar surface area (TPSA) is 108 Å². The van der Waals surface area contributed by atoms with Crippen LogP contribution < -0.4 is 5.73 Å². The second-order valence-electron chi connectivity index (χ2n) is 5.25. The fourth-order valence-corrected chi connectivity index (χ4v) is 3.72. The first kappa shape index (κ1) is 19.2. The van der Waals surface area contributed by atoms with E-state index in [9.17, 15) is 14.5 Å². The normalized spacial score (nSPS) is 14.7. The van der Waals surface area contributed by atoms with Gasteiger partial charge in [0.15, 0.2) is 0 Å². The third-order valence-electron chi connectivity index (χ3n) is 2.24. The molecule has 1 atom stereocenters. The zero-order valence-electron chi connectivity index (χ0n) is 12.8.